The van der Waals surface area contributed by atoms with E-state index in [-0.39, 0.29) is 22.7 Å². The predicted molar refractivity (Wildman–Crippen MR) is 63.5 cm³/mol. The number of phenols is 1. The van der Waals surface area contributed by atoms with Gasteiger partial charge in [-0.3, -0.25) is 4.79 Å². The summed E-state index contributed by atoms with van der Waals surface area (Å²) in [7, 11) is 0. The third-order valence-electron chi connectivity index (χ3n) is 2.62. The van der Waals surface area contributed by atoms with E-state index in [1.807, 2.05) is 0 Å². The van der Waals surface area contributed by atoms with Crippen molar-refractivity contribution in [2.24, 2.45) is 0 Å². The minimum Gasteiger partial charge on any atom is -0.507 e. The van der Waals surface area contributed by atoms with Gasteiger partial charge in [-0.25, -0.2) is 8.78 Å². The third-order valence-corrected chi connectivity index (χ3v) is 2.62. The molecule has 0 spiro atoms. The molecule has 2 nitrogen and oxygen atoms in total. The van der Waals surface area contributed by atoms with Crippen molar-refractivity contribution in [3.05, 3.63) is 53.6 Å². The van der Waals surface area contributed by atoms with Gasteiger partial charge in [0.25, 0.3) is 0 Å². The number of halogens is 2. The van der Waals surface area contributed by atoms with Crippen LogP contribution in [-0.4, -0.2) is 10.9 Å². The molecule has 0 atom stereocenters. The van der Waals surface area contributed by atoms with Gasteiger partial charge in [0.1, 0.15) is 17.4 Å². The second kappa shape index (κ2) is 4.56. The van der Waals surface area contributed by atoms with Crippen LogP contribution in [0, 0.1) is 11.6 Å². The molecule has 0 fully saturated rings. The molecule has 0 aliphatic rings. The van der Waals surface area contributed by atoms with E-state index in [1.165, 1.54) is 31.2 Å². The first-order chi connectivity index (χ1) is 8.49. The number of ketones is 1. The molecule has 0 bridgehead atoms. The van der Waals surface area contributed by atoms with E-state index in [4.69, 9.17) is 0 Å². The molecule has 2 aromatic carbocycles. The zero-order valence-electron chi connectivity index (χ0n) is 9.58. The van der Waals surface area contributed by atoms with E-state index in [0.29, 0.717) is 5.56 Å². The fourth-order valence-corrected chi connectivity index (χ4v) is 1.72. The minimum absolute atomic E-state index is 0.168. The molecule has 4 heteroatoms. The Labute approximate surface area is 103 Å². The van der Waals surface area contributed by atoms with E-state index in [2.05, 4.69) is 0 Å². The van der Waals surface area contributed by atoms with Crippen LogP contribution in [-0.2, 0) is 0 Å². The number of aromatic hydroxyl groups is 1. The standard InChI is InChI=1S/C14H10F2O2/c1-8(17)11-4-2-9(6-14(11)18)12-5-3-10(15)7-13(12)16/h2-7,18H,1H3. The molecule has 18 heavy (non-hydrogen) atoms. The Bertz CT molecular complexity index is 621. The number of phenolic OH excluding ortho intramolecular Hbond substituents is 1. The lowest BCUT2D eigenvalue weighted by Gasteiger charge is -2.06. The first-order valence-corrected chi connectivity index (χ1v) is 5.28. The van der Waals surface area contributed by atoms with Crippen LogP contribution in [0.4, 0.5) is 8.78 Å². The van der Waals surface area contributed by atoms with Gasteiger partial charge in [0.15, 0.2) is 5.78 Å². The Morgan fingerprint density at radius 1 is 1.11 bits per heavy atom. The van der Waals surface area contributed by atoms with Gasteiger partial charge in [-0.05, 0) is 36.8 Å². The van der Waals surface area contributed by atoms with E-state index in [1.54, 1.807) is 0 Å². The van der Waals surface area contributed by atoms with Gasteiger partial charge in [0.05, 0.1) is 5.56 Å². The molecule has 0 heterocycles. The topological polar surface area (TPSA) is 37.3 Å². The Kier molecular flexibility index (Phi) is 3.10. The smallest absolute Gasteiger partial charge is 0.163 e. The zero-order valence-corrected chi connectivity index (χ0v) is 9.58. The molecule has 0 aromatic heterocycles. The highest BCUT2D eigenvalue weighted by Crippen LogP contribution is 2.28. The lowest BCUT2D eigenvalue weighted by atomic mass is 10.0. The summed E-state index contributed by atoms with van der Waals surface area (Å²) >= 11 is 0. The van der Waals surface area contributed by atoms with Crippen molar-refractivity contribution in [2.45, 2.75) is 6.92 Å². The molecular formula is C14H10F2O2. The van der Waals surface area contributed by atoms with Crippen molar-refractivity contribution in [1.29, 1.82) is 0 Å². The maximum Gasteiger partial charge on any atom is 0.163 e. The maximum absolute atomic E-state index is 13.5. The lowest BCUT2D eigenvalue weighted by Crippen LogP contribution is -1.93. The van der Waals surface area contributed by atoms with Crippen LogP contribution < -0.4 is 0 Å². The summed E-state index contributed by atoms with van der Waals surface area (Å²) in [5.41, 5.74) is 0.720. The number of Topliss-reactive ketones (excluding diaryl/α,β-unsaturated/α-hetero) is 1. The van der Waals surface area contributed by atoms with Crippen LogP contribution in [0.25, 0.3) is 11.1 Å². The van der Waals surface area contributed by atoms with E-state index in [9.17, 15) is 18.7 Å². The Morgan fingerprint density at radius 3 is 2.39 bits per heavy atom. The molecule has 0 radical (unpaired) electrons. The van der Waals surface area contributed by atoms with Gasteiger partial charge in [-0.2, -0.15) is 0 Å². The average molecular weight is 248 g/mol. The monoisotopic (exact) mass is 248 g/mol. The van der Waals surface area contributed by atoms with Gasteiger partial charge >= 0.3 is 0 Å². The highest BCUT2D eigenvalue weighted by atomic mass is 19.1. The van der Waals surface area contributed by atoms with Crippen LogP contribution >= 0.6 is 0 Å². The fourth-order valence-electron chi connectivity index (χ4n) is 1.72. The fraction of sp³-hybridized carbons (Fsp3) is 0.0714. The predicted octanol–water partition coefficient (Wildman–Crippen LogP) is 3.54. The second-order valence-corrected chi connectivity index (χ2v) is 3.91. The number of hydrogen-bond donors (Lipinski definition) is 1. The summed E-state index contributed by atoms with van der Waals surface area (Å²) in [6, 6.07) is 7.39. The van der Waals surface area contributed by atoms with Gasteiger partial charge < -0.3 is 5.11 Å². The molecule has 2 aromatic rings. The summed E-state index contributed by atoms with van der Waals surface area (Å²) < 4.78 is 26.3. The van der Waals surface area contributed by atoms with Crippen LogP contribution in [0.5, 0.6) is 5.75 Å². The lowest BCUT2D eigenvalue weighted by molar-refractivity contribution is 0.101. The molecule has 0 unspecified atom stereocenters. The number of carbonyl (C=O) groups is 1. The maximum atomic E-state index is 13.5. The van der Waals surface area contributed by atoms with Gasteiger partial charge in [0, 0.05) is 11.6 Å². The normalized spacial score (nSPS) is 10.4. The van der Waals surface area contributed by atoms with Gasteiger partial charge in [-0.1, -0.05) is 6.07 Å². The van der Waals surface area contributed by atoms with Crippen molar-refractivity contribution < 1.29 is 18.7 Å². The summed E-state index contributed by atoms with van der Waals surface area (Å²) in [5.74, 6) is -1.88. The van der Waals surface area contributed by atoms with E-state index >= 15 is 0 Å². The molecule has 0 aliphatic carbocycles. The van der Waals surface area contributed by atoms with Crippen molar-refractivity contribution >= 4 is 5.78 Å². The minimum atomic E-state index is -0.718. The zero-order chi connectivity index (χ0) is 13.3. The molecular weight excluding hydrogens is 238 g/mol. The largest absolute Gasteiger partial charge is 0.507 e. The van der Waals surface area contributed by atoms with Crippen LogP contribution in [0.3, 0.4) is 0 Å². The quantitative estimate of drug-likeness (QED) is 0.825. The molecule has 2 rings (SSSR count). The van der Waals surface area contributed by atoms with Crippen LogP contribution in [0.15, 0.2) is 36.4 Å². The Balaban J connectivity index is 2.52. The highest BCUT2D eigenvalue weighted by Gasteiger charge is 2.11. The first kappa shape index (κ1) is 12.2. The van der Waals surface area contributed by atoms with Crippen LogP contribution in [0.1, 0.15) is 17.3 Å². The van der Waals surface area contributed by atoms with Gasteiger partial charge in [-0.15, -0.1) is 0 Å². The molecule has 0 saturated heterocycles. The summed E-state index contributed by atoms with van der Waals surface area (Å²) in [6.45, 7) is 1.33. The van der Waals surface area contributed by atoms with Crippen molar-refractivity contribution in [3.63, 3.8) is 0 Å². The molecule has 0 aliphatic heterocycles. The molecule has 0 amide bonds. The molecule has 1 N–H and O–H groups in total. The number of benzene rings is 2. The van der Waals surface area contributed by atoms with Gasteiger partial charge in [0.2, 0.25) is 0 Å². The summed E-state index contributed by atoms with van der Waals surface area (Å²) in [4.78, 5) is 11.1. The van der Waals surface area contributed by atoms with E-state index < -0.39 is 11.6 Å². The Hall–Kier alpha value is -2.23. The molecule has 0 saturated carbocycles. The van der Waals surface area contributed by atoms with E-state index in [0.717, 1.165) is 12.1 Å². The Morgan fingerprint density at radius 2 is 1.83 bits per heavy atom. The summed E-state index contributed by atoms with van der Waals surface area (Å²) in [6.07, 6.45) is 0. The van der Waals surface area contributed by atoms with Crippen molar-refractivity contribution in [2.75, 3.05) is 0 Å². The van der Waals surface area contributed by atoms with Crippen molar-refractivity contribution in [1.82, 2.24) is 0 Å². The molecule has 92 valence electrons. The number of carbonyl (C=O) groups excluding carboxylic acids is 1. The van der Waals surface area contributed by atoms with Crippen LogP contribution in [0.2, 0.25) is 0 Å². The SMILES string of the molecule is CC(=O)c1ccc(-c2ccc(F)cc2F)cc1O. The number of rotatable bonds is 2. The second-order valence-electron chi connectivity index (χ2n) is 3.91. The highest BCUT2D eigenvalue weighted by molar-refractivity contribution is 5.97. The third kappa shape index (κ3) is 2.22. The summed E-state index contributed by atoms with van der Waals surface area (Å²) in [5, 5.41) is 9.65. The first-order valence-electron chi connectivity index (χ1n) is 5.28. The average Bonchev–Trinajstić information content (AvgIpc) is 2.28. The number of hydrogen-bond acceptors (Lipinski definition) is 2. The van der Waals surface area contributed by atoms with Crippen molar-refractivity contribution in [3.8, 4) is 16.9 Å².